The van der Waals surface area contributed by atoms with Crippen molar-refractivity contribution in [3.63, 3.8) is 0 Å². The number of nitrogens with one attached hydrogen (secondary N) is 1. The Morgan fingerprint density at radius 3 is 2.43 bits per heavy atom. The van der Waals surface area contributed by atoms with Gasteiger partial charge in [-0.25, -0.2) is 9.37 Å². The van der Waals surface area contributed by atoms with Crippen LogP contribution in [0.25, 0.3) is 0 Å². The normalized spacial score (nSPS) is 11.3. The second kappa shape index (κ2) is 5.82. The number of amides is 1. The Labute approximate surface area is 128 Å². The summed E-state index contributed by atoms with van der Waals surface area (Å²) >= 11 is 5.80. The molecule has 2 rings (SSSR count). The fourth-order valence-corrected chi connectivity index (χ4v) is 2.02. The predicted octanol–water partition coefficient (Wildman–Crippen LogP) is 4.42. The summed E-state index contributed by atoms with van der Waals surface area (Å²) in [7, 11) is 0. The molecule has 0 unspecified atom stereocenters. The maximum Gasteiger partial charge on any atom is 0.258 e. The number of carbonyl (C=O) groups excluding carboxylic acids is 1. The summed E-state index contributed by atoms with van der Waals surface area (Å²) in [5.74, 6) is -1.09. The van der Waals surface area contributed by atoms with E-state index in [1.807, 2.05) is 12.1 Å². The minimum Gasteiger partial charge on any atom is -0.322 e. The molecule has 0 saturated carbocycles. The Morgan fingerprint density at radius 1 is 1.24 bits per heavy atom. The molecule has 1 N–H and O–H groups in total. The van der Waals surface area contributed by atoms with Gasteiger partial charge in [-0.05, 0) is 29.2 Å². The predicted molar refractivity (Wildman–Crippen MR) is 82.3 cm³/mol. The molecule has 1 aromatic carbocycles. The molecule has 0 aliphatic rings. The third-order valence-corrected chi connectivity index (χ3v) is 3.36. The zero-order valence-electron chi connectivity index (χ0n) is 12.1. The molecule has 0 spiro atoms. The van der Waals surface area contributed by atoms with Crippen molar-refractivity contribution >= 4 is 23.2 Å². The number of pyridine rings is 1. The van der Waals surface area contributed by atoms with Gasteiger partial charge in [-0.3, -0.25) is 4.79 Å². The average Bonchev–Trinajstić information content (AvgIpc) is 2.41. The molecule has 1 amide bonds. The van der Waals surface area contributed by atoms with Gasteiger partial charge < -0.3 is 5.32 Å². The standard InChI is InChI=1S/C16H16ClFN2O/c1-16(2,3)10-4-6-12(7-5-10)20-15(21)13-8-11(18)9-19-14(13)17/h4-9H,1-3H3,(H,20,21). The van der Waals surface area contributed by atoms with E-state index in [1.54, 1.807) is 12.1 Å². The SMILES string of the molecule is CC(C)(C)c1ccc(NC(=O)c2cc(F)cnc2Cl)cc1. The average molecular weight is 307 g/mol. The van der Waals surface area contributed by atoms with Gasteiger partial charge >= 0.3 is 0 Å². The number of hydrogen-bond acceptors (Lipinski definition) is 2. The van der Waals surface area contributed by atoms with Crippen LogP contribution in [0.3, 0.4) is 0 Å². The van der Waals surface area contributed by atoms with Gasteiger partial charge in [-0.15, -0.1) is 0 Å². The Balaban J connectivity index is 2.18. The molecular formula is C16H16ClFN2O. The van der Waals surface area contributed by atoms with Gasteiger partial charge in [0.1, 0.15) is 11.0 Å². The van der Waals surface area contributed by atoms with Gasteiger partial charge in [0.05, 0.1) is 11.8 Å². The quantitative estimate of drug-likeness (QED) is 0.834. The lowest BCUT2D eigenvalue weighted by atomic mass is 9.87. The van der Waals surface area contributed by atoms with Gasteiger partial charge in [0.2, 0.25) is 0 Å². The summed E-state index contributed by atoms with van der Waals surface area (Å²) in [5.41, 5.74) is 1.83. The Bertz CT molecular complexity index is 663. The molecule has 1 aromatic heterocycles. The van der Waals surface area contributed by atoms with Crippen LogP contribution in [0.1, 0.15) is 36.7 Å². The van der Waals surface area contributed by atoms with Crippen molar-refractivity contribution in [2.24, 2.45) is 0 Å². The van der Waals surface area contributed by atoms with E-state index in [4.69, 9.17) is 11.6 Å². The fourth-order valence-electron chi connectivity index (χ4n) is 1.83. The molecule has 5 heteroatoms. The number of benzene rings is 1. The summed E-state index contributed by atoms with van der Waals surface area (Å²) < 4.78 is 13.1. The van der Waals surface area contributed by atoms with Gasteiger partial charge in [-0.1, -0.05) is 44.5 Å². The second-order valence-corrected chi connectivity index (χ2v) is 6.13. The first-order valence-electron chi connectivity index (χ1n) is 6.50. The third-order valence-electron chi connectivity index (χ3n) is 3.06. The smallest absolute Gasteiger partial charge is 0.258 e. The largest absolute Gasteiger partial charge is 0.322 e. The van der Waals surface area contributed by atoms with E-state index in [2.05, 4.69) is 31.1 Å². The molecule has 0 fully saturated rings. The number of rotatable bonds is 2. The minimum atomic E-state index is -0.604. The molecule has 0 atom stereocenters. The van der Waals surface area contributed by atoms with Crippen LogP contribution < -0.4 is 5.32 Å². The van der Waals surface area contributed by atoms with E-state index in [1.165, 1.54) is 0 Å². The maximum absolute atomic E-state index is 13.1. The summed E-state index contributed by atoms with van der Waals surface area (Å²) in [6.07, 6.45) is 0.969. The van der Waals surface area contributed by atoms with Crippen LogP contribution in [0.4, 0.5) is 10.1 Å². The van der Waals surface area contributed by atoms with Crippen LogP contribution in [-0.2, 0) is 5.41 Å². The monoisotopic (exact) mass is 306 g/mol. The summed E-state index contributed by atoms with van der Waals surface area (Å²) in [5, 5.41) is 2.65. The maximum atomic E-state index is 13.1. The van der Waals surface area contributed by atoms with Crippen molar-refractivity contribution < 1.29 is 9.18 Å². The molecule has 0 saturated heterocycles. The number of anilines is 1. The molecular weight excluding hydrogens is 291 g/mol. The molecule has 1 heterocycles. The zero-order valence-corrected chi connectivity index (χ0v) is 12.8. The first-order chi connectivity index (χ1) is 9.77. The Morgan fingerprint density at radius 2 is 1.86 bits per heavy atom. The minimum absolute atomic E-state index is 0.0107. The van der Waals surface area contributed by atoms with Crippen molar-refractivity contribution in [3.8, 4) is 0 Å². The Hall–Kier alpha value is -1.94. The van der Waals surface area contributed by atoms with Crippen molar-refractivity contribution in [2.45, 2.75) is 26.2 Å². The van der Waals surface area contributed by atoms with Crippen molar-refractivity contribution in [1.82, 2.24) is 4.98 Å². The van der Waals surface area contributed by atoms with E-state index in [9.17, 15) is 9.18 Å². The highest BCUT2D eigenvalue weighted by Gasteiger charge is 2.15. The molecule has 110 valence electrons. The highest BCUT2D eigenvalue weighted by Crippen LogP contribution is 2.24. The molecule has 2 aromatic rings. The summed E-state index contributed by atoms with van der Waals surface area (Å²) in [6, 6.07) is 8.56. The van der Waals surface area contributed by atoms with E-state index in [0.29, 0.717) is 5.69 Å². The van der Waals surface area contributed by atoms with E-state index in [-0.39, 0.29) is 16.1 Å². The number of aromatic nitrogens is 1. The number of halogens is 2. The number of nitrogens with zero attached hydrogens (tertiary/aromatic N) is 1. The van der Waals surface area contributed by atoms with Gasteiger partial charge in [0, 0.05) is 5.69 Å². The summed E-state index contributed by atoms with van der Waals surface area (Å²) in [6.45, 7) is 6.33. The highest BCUT2D eigenvalue weighted by molar-refractivity contribution is 6.33. The zero-order chi connectivity index (χ0) is 15.6. The van der Waals surface area contributed by atoms with Crippen molar-refractivity contribution in [1.29, 1.82) is 0 Å². The van der Waals surface area contributed by atoms with Crippen molar-refractivity contribution in [3.05, 3.63) is 58.6 Å². The lowest BCUT2D eigenvalue weighted by Gasteiger charge is -2.19. The third kappa shape index (κ3) is 3.79. The van der Waals surface area contributed by atoms with Gasteiger partial charge in [-0.2, -0.15) is 0 Å². The number of carbonyl (C=O) groups is 1. The van der Waals surface area contributed by atoms with Crippen LogP contribution in [0.15, 0.2) is 36.5 Å². The fraction of sp³-hybridized carbons (Fsp3) is 0.250. The molecule has 0 aliphatic carbocycles. The van der Waals surface area contributed by atoms with Crippen LogP contribution in [0.2, 0.25) is 5.15 Å². The van der Waals surface area contributed by atoms with Crippen LogP contribution in [0.5, 0.6) is 0 Å². The topological polar surface area (TPSA) is 42.0 Å². The van der Waals surface area contributed by atoms with Gasteiger partial charge in [0.25, 0.3) is 5.91 Å². The van der Waals surface area contributed by atoms with Crippen LogP contribution >= 0.6 is 11.6 Å². The molecule has 0 bridgehead atoms. The first-order valence-corrected chi connectivity index (χ1v) is 6.88. The lowest BCUT2D eigenvalue weighted by Crippen LogP contribution is -2.14. The number of hydrogen-bond donors (Lipinski definition) is 1. The van der Waals surface area contributed by atoms with E-state index < -0.39 is 11.7 Å². The van der Waals surface area contributed by atoms with Gasteiger partial charge in [0.15, 0.2) is 0 Å². The summed E-state index contributed by atoms with van der Waals surface area (Å²) in [4.78, 5) is 15.7. The first kappa shape index (κ1) is 15.4. The lowest BCUT2D eigenvalue weighted by molar-refractivity contribution is 0.102. The van der Waals surface area contributed by atoms with E-state index >= 15 is 0 Å². The van der Waals surface area contributed by atoms with Crippen molar-refractivity contribution in [2.75, 3.05) is 5.32 Å². The van der Waals surface area contributed by atoms with E-state index in [0.717, 1.165) is 17.8 Å². The molecule has 0 aliphatic heterocycles. The molecule has 21 heavy (non-hydrogen) atoms. The molecule has 3 nitrogen and oxygen atoms in total. The molecule has 0 radical (unpaired) electrons. The van der Waals surface area contributed by atoms with Crippen LogP contribution in [-0.4, -0.2) is 10.9 Å². The highest BCUT2D eigenvalue weighted by atomic mass is 35.5. The Kier molecular flexibility index (Phi) is 4.28. The second-order valence-electron chi connectivity index (χ2n) is 5.77. The van der Waals surface area contributed by atoms with Crippen LogP contribution in [0, 0.1) is 5.82 Å².